The zero-order valence-electron chi connectivity index (χ0n) is 7.02. The third-order valence-corrected chi connectivity index (χ3v) is 1.92. The van der Waals surface area contributed by atoms with Crippen LogP contribution < -0.4 is 11.5 Å². The molecule has 11 heavy (non-hydrogen) atoms. The lowest BCUT2D eigenvalue weighted by Crippen LogP contribution is -1.97. The maximum absolute atomic E-state index is 5.64. The van der Waals surface area contributed by atoms with Gasteiger partial charge in [-0.05, 0) is 36.6 Å². The van der Waals surface area contributed by atoms with Crippen LogP contribution in [0.4, 0.5) is 11.4 Å². The number of benzene rings is 1. The van der Waals surface area contributed by atoms with Gasteiger partial charge >= 0.3 is 0 Å². The summed E-state index contributed by atoms with van der Waals surface area (Å²) in [6, 6.07) is 3.87. The SMILES string of the molecule is CCc1cc(N)c(N)cc1C. The molecule has 0 aliphatic rings. The molecule has 0 saturated heterocycles. The molecule has 0 aliphatic carbocycles. The van der Waals surface area contributed by atoms with Crippen LogP contribution in [0, 0.1) is 6.92 Å². The number of hydrogen-bond acceptors (Lipinski definition) is 2. The first-order chi connectivity index (χ1) is 5.15. The first-order valence-corrected chi connectivity index (χ1v) is 3.79. The van der Waals surface area contributed by atoms with Gasteiger partial charge < -0.3 is 11.5 Å². The molecule has 0 aliphatic heterocycles. The Kier molecular flexibility index (Phi) is 2.03. The Morgan fingerprint density at radius 1 is 1.18 bits per heavy atom. The molecule has 0 spiro atoms. The molecule has 4 N–H and O–H groups in total. The van der Waals surface area contributed by atoms with E-state index in [9.17, 15) is 0 Å². The van der Waals surface area contributed by atoms with Crippen molar-refractivity contribution < 1.29 is 0 Å². The van der Waals surface area contributed by atoms with Crippen LogP contribution in [0.1, 0.15) is 18.1 Å². The van der Waals surface area contributed by atoms with Crippen LogP contribution >= 0.6 is 0 Å². The van der Waals surface area contributed by atoms with Crippen molar-refractivity contribution in [2.75, 3.05) is 11.5 Å². The van der Waals surface area contributed by atoms with E-state index in [1.807, 2.05) is 12.1 Å². The minimum atomic E-state index is 0.680. The first kappa shape index (κ1) is 7.92. The minimum Gasteiger partial charge on any atom is -0.397 e. The molecule has 1 rings (SSSR count). The molecule has 0 unspecified atom stereocenters. The minimum absolute atomic E-state index is 0.680. The standard InChI is InChI=1S/C9H14N2/c1-3-7-5-9(11)8(10)4-6(7)2/h4-5H,3,10-11H2,1-2H3. The van der Waals surface area contributed by atoms with Crippen molar-refractivity contribution in [3.8, 4) is 0 Å². The lowest BCUT2D eigenvalue weighted by Gasteiger charge is -2.06. The van der Waals surface area contributed by atoms with Gasteiger partial charge in [-0.2, -0.15) is 0 Å². The smallest absolute Gasteiger partial charge is 0.0550 e. The lowest BCUT2D eigenvalue weighted by atomic mass is 10.0. The molecule has 0 heterocycles. The predicted octanol–water partition coefficient (Wildman–Crippen LogP) is 1.72. The summed E-state index contributed by atoms with van der Waals surface area (Å²) in [4.78, 5) is 0. The Balaban J connectivity index is 3.21. The Hall–Kier alpha value is -1.18. The number of rotatable bonds is 1. The molecule has 0 aromatic heterocycles. The van der Waals surface area contributed by atoms with E-state index in [1.54, 1.807) is 0 Å². The molecule has 2 heteroatoms. The van der Waals surface area contributed by atoms with E-state index in [2.05, 4.69) is 13.8 Å². The van der Waals surface area contributed by atoms with Gasteiger partial charge in [0.1, 0.15) is 0 Å². The number of nitrogen functional groups attached to an aromatic ring is 2. The van der Waals surface area contributed by atoms with E-state index in [-0.39, 0.29) is 0 Å². The fourth-order valence-electron chi connectivity index (χ4n) is 1.18. The molecule has 0 atom stereocenters. The molecule has 0 amide bonds. The molecule has 60 valence electrons. The van der Waals surface area contributed by atoms with Crippen molar-refractivity contribution >= 4 is 11.4 Å². The molecule has 1 aromatic carbocycles. The molecule has 0 saturated carbocycles. The zero-order chi connectivity index (χ0) is 8.43. The Morgan fingerprint density at radius 2 is 1.73 bits per heavy atom. The second-order valence-corrected chi connectivity index (χ2v) is 2.76. The number of nitrogens with two attached hydrogens (primary N) is 2. The van der Waals surface area contributed by atoms with Gasteiger partial charge in [-0.1, -0.05) is 6.92 Å². The third kappa shape index (κ3) is 1.45. The largest absolute Gasteiger partial charge is 0.397 e. The molecule has 0 bridgehead atoms. The fraction of sp³-hybridized carbons (Fsp3) is 0.333. The van der Waals surface area contributed by atoms with Gasteiger partial charge in [0.05, 0.1) is 11.4 Å². The molecular formula is C9H14N2. The monoisotopic (exact) mass is 150 g/mol. The van der Waals surface area contributed by atoms with Gasteiger partial charge in [-0.25, -0.2) is 0 Å². The zero-order valence-corrected chi connectivity index (χ0v) is 7.02. The van der Waals surface area contributed by atoms with E-state index >= 15 is 0 Å². The van der Waals surface area contributed by atoms with Crippen molar-refractivity contribution in [1.82, 2.24) is 0 Å². The van der Waals surface area contributed by atoms with Crippen LogP contribution in [0.5, 0.6) is 0 Å². The highest BCUT2D eigenvalue weighted by Crippen LogP contribution is 2.20. The summed E-state index contributed by atoms with van der Waals surface area (Å²) in [7, 11) is 0. The van der Waals surface area contributed by atoms with Gasteiger partial charge in [0.25, 0.3) is 0 Å². The maximum Gasteiger partial charge on any atom is 0.0550 e. The van der Waals surface area contributed by atoms with Crippen molar-refractivity contribution in [3.05, 3.63) is 23.3 Å². The second kappa shape index (κ2) is 2.82. The Labute approximate surface area is 67.2 Å². The van der Waals surface area contributed by atoms with Crippen LogP contribution in [0.25, 0.3) is 0 Å². The van der Waals surface area contributed by atoms with E-state index in [0.717, 1.165) is 6.42 Å². The van der Waals surface area contributed by atoms with Crippen molar-refractivity contribution in [3.63, 3.8) is 0 Å². The van der Waals surface area contributed by atoms with E-state index in [0.29, 0.717) is 11.4 Å². The van der Waals surface area contributed by atoms with Gasteiger partial charge in [0.15, 0.2) is 0 Å². The summed E-state index contributed by atoms with van der Waals surface area (Å²) in [6.07, 6.45) is 1.01. The van der Waals surface area contributed by atoms with E-state index < -0.39 is 0 Å². The van der Waals surface area contributed by atoms with Crippen LogP contribution in [-0.2, 0) is 6.42 Å². The number of hydrogen-bond donors (Lipinski definition) is 2. The van der Waals surface area contributed by atoms with Crippen LogP contribution in [0.2, 0.25) is 0 Å². The van der Waals surface area contributed by atoms with Crippen molar-refractivity contribution in [1.29, 1.82) is 0 Å². The Bertz CT molecular complexity index is 267. The topological polar surface area (TPSA) is 52.0 Å². The van der Waals surface area contributed by atoms with Crippen LogP contribution in [-0.4, -0.2) is 0 Å². The average Bonchev–Trinajstić information content (AvgIpc) is 1.97. The summed E-state index contributed by atoms with van der Waals surface area (Å²) in [5.41, 5.74) is 15.1. The Morgan fingerprint density at radius 3 is 2.27 bits per heavy atom. The van der Waals surface area contributed by atoms with Crippen molar-refractivity contribution in [2.24, 2.45) is 0 Å². The summed E-state index contributed by atoms with van der Waals surface area (Å²) >= 11 is 0. The van der Waals surface area contributed by atoms with Gasteiger partial charge in [0, 0.05) is 0 Å². The van der Waals surface area contributed by atoms with Crippen LogP contribution in [0.15, 0.2) is 12.1 Å². The van der Waals surface area contributed by atoms with E-state index in [4.69, 9.17) is 11.5 Å². The van der Waals surface area contributed by atoms with Crippen LogP contribution in [0.3, 0.4) is 0 Å². The van der Waals surface area contributed by atoms with Gasteiger partial charge in [-0.15, -0.1) is 0 Å². The van der Waals surface area contributed by atoms with E-state index in [1.165, 1.54) is 11.1 Å². The predicted molar refractivity (Wildman–Crippen MR) is 49.4 cm³/mol. The molecule has 0 fully saturated rings. The quantitative estimate of drug-likeness (QED) is 0.599. The highest BCUT2D eigenvalue weighted by atomic mass is 14.7. The molecule has 2 nitrogen and oxygen atoms in total. The second-order valence-electron chi connectivity index (χ2n) is 2.76. The highest BCUT2D eigenvalue weighted by molar-refractivity contribution is 5.65. The summed E-state index contributed by atoms with van der Waals surface area (Å²) in [5.74, 6) is 0. The fourth-order valence-corrected chi connectivity index (χ4v) is 1.18. The number of anilines is 2. The van der Waals surface area contributed by atoms with Gasteiger partial charge in [0.2, 0.25) is 0 Å². The molecular weight excluding hydrogens is 136 g/mol. The molecule has 0 radical (unpaired) electrons. The summed E-state index contributed by atoms with van der Waals surface area (Å²) in [6.45, 7) is 4.16. The highest BCUT2D eigenvalue weighted by Gasteiger charge is 1.99. The number of aryl methyl sites for hydroxylation is 2. The average molecular weight is 150 g/mol. The summed E-state index contributed by atoms with van der Waals surface area (Å²) < 4.78 is 0. The summed E-state index contributed by atoms with van der Waals surface area (Å²) in [5, 5.41) is 0. The van der Waals surface area contributed by atoms with Crippen molar-refractivity contribution in [2.45, 2.75) is 20.3 Å². The van der Waals surface area contributed by atoms with Gasteiger partial charge in [-0.3, -0.25) is 0 Å². The first-order valence-electron chi connectivity index (χ1n) is 3.79. The lowest BCUT2D eigenvalue weighted by molar-refractivity contribution is 1.11. The maximum atomic E-state index is 5.64. The normalized spacial score (nSPS) is 10.0. The third-order valence-electron chi connectivity index (χ3n) is 1.92. The molecule has 1 aromatic rings.